The number of carbonyl (C=O) groups is 1. The van der Waals surface area contributed by atoms with Gasteiger partial charge in [0, 0.05) is 18.8 Å². The minimum Gasteiger partial charge on any atom is -0.462 e. The van der Waals surface area contributed by atoms with Gasteiger partial charge in [-0.05, 0) is 62.1 Å². The minimum atomic E-state index is -4.52. The normalized spacial score (nSPS) is 41.5. The molecular formula is C25H31F3O6. The fraction of sp³-hybridized carbons (Fsp3) is 0.720. The predicted octanol–water partition coefficient (Wildman–Crippen LogP) is 5.50. The largest absolute Gasteiger partial charge is 0.462 e. The SMILES string of the molecule is C[C@H]1[C@@H](CCOC(=O)c2cccc(C(F)(F)F)c2)O[C@@H]2OC3(C)CC[C@H]4[C@H](C)CC[C@@H]1[C@@]24OO3. The lowest BCUT2D eigenvalue weighted by atomic mass is 9.57. The molecule has 1 aromatic rings. The minimum absolute atomic E-state index is 0.0327. The van der Waals surface area contributed by atoms with Crippen molar-refractivity contribution in [3.63, 3.8) is 0 Å². The van der Waals surface area contributed by atoms with Crippen LogP contribution in [0.3, 0.4) is 0 Å². The van der Waals surface area contributed by atoms with E-state index in [-0.39, 0.29) is 36.0 Å². The molecule has 34 heavy (non-hydrogen) atoms. The van der Waals surface area contributed by atoms with Crippen LogP contribution in [0.5, 0.6) is 0 Å². The van der Waals surface area contributed by atoms with Gasteiger partial charge in [-0.3, -0.25) is 0 Å². The van der Waals surface area contributed by atoms with Gasteiger partial charge in [0.25, 0.3) is 0 Å². The van der Waals surface area contributed by atoms with Crippen molar-refractivity contribution in [2.45, 2.75) is 82.8 Å². The fourth-order valence-corrected chi connectivity index (χ4v) is 6.48. The maximum atomic E-state index is 13.0. The number of carbonyl (C=O) groups excluding carboxylic acids is 1. The van der Waals surface area contributed by atoms with Crippen LogP contribution in [0.15, 0.2) is 24.3 Å². The van der Waals surface area contributed by atoms with E-state index in [1.807, 2.05) is 6.92 Å². The molecule has 8 atom stereocenters. The molecule has 1 spiro atoms. The Morgan fingerprint density at radius 3 is 2.71 bits per heavy atom. The standard InChI is InChI=1S/C25H31F3O6/c1-14-7-8-19-15(2)20(31-22-24(19)18(14)9-11-23(3,32-22)33-34-24)10-12-30-21(29)16-5-4-6-17(13-16)25(26,27)28/h4-6,13-15,18-20,22H,7-12H2,1-3H3/t14-,15-,18+,19+,20-,22-,23?,24-/m1/s1. The molecule has 9 heteroatoms. The van der Waals surface area contributed by atoms with Crippen LogP contribution in [0.25, 0.3) is 0 Å². The lowest BCUT2D eigenvalue weighted by Gasteiger charge is -2.60. The summed E-state index contributed by atoms with van der Waals surface area (Å²) in [5, 5.41) is 0. The van der Waals surface area contributed by atoms with Gasteiger partial charge in [-0.2, -0.15) is 13.2 Å². The van der Waals surface area contributed by atoms with Crippen molar-refractivity contribution in [3.8, 4) is 0 Å². The Bertz CT molecular complexity index is 937. The monoisotopic (exact) mass is 484 g/mol. The average molecular weight is 485 g/mol. The van der Waals surface area contributed by atoms with Crippen LogP contribution in [0, 0.1) is 23.7 Å². The first kappa shape index (κ1) is 24.0. The molecule has 6 nitrogen and oxygen atoms in total. The van der Waals surface area contributed by atoms with Crippen molar-refractivity contribution in [2.24, 2.45) is 23.7 Å². The highest BCUT2D eigenvalue weighted by atomic mass is 19.4. The Labute approximate surface area is 196 Å². The quantitative estimate of drug-likeness (QED) is 0.415. The molecule has 1 unspecified atom stereocenters. The third-order valence-corrected chi connectivity index (χ3v) is 8.36. The van der Waals surface area contributed by atoms with Crippen molar-refractivity contribution >= 4 is 5.97 Å². The summed E-state index contributed by atoms with van der Waals surface area (Å²) in [7, 11) is 0. The van der Waals surface area contributed by atoms with E-state index in [0.29, 0.717) is 12.3 Å². The van der Waals surface area contributed by atoms with Crippen LogP contribution in [0.1, 0.15) is 68.8 Å². The van der Waals surface area contributed by atoms with E-state index in [2.05, 4.69) is 13.8 Å². The molecule has 0 aromatic heterocycles. The van der Waals surface area contributed by atoms with Gasteiger partial charge in [0.1, 0.15) is 0 Å². The highest BCUT2D eigenvalue weighted by Gasteiger charge is 2.69. The second-order valence-electron chi connectivity index (χ2n) is 10.4. The number of halogens is 3. The Kier molecular flexibility index (Phi) is 5.98. The van der Waals surface area contributed by atoms with E-state index in [0.717, 1.165) is 37.8 Å². The molecule has 0 radical (unpaired) electrons. The molecule has 0 N–H and O–H groups in total. The summed E-state index contributed by atoms with van der Waals surface area (Å²) in [6.07, 6.45) is -1.20. The lowest BCUT2D eigenvalue weighted by Crippen LogP contribution is -2.70. The molecule has 4 saturated heterocycles. The van der Waals surface area contributed by atoms with E-state index in [9.17, 15) is 18.0 Å². The number of alkyl halides is 3. The number of rotatable bonds is 4. The number of fused-ring (bicyclic) bond motifs is 2. The van der Waals surface area contributed by atoms with Gasteiger partial charge in [0.2, 0.25) is 5.79 Å². The Balaban J connectivity index is 1.27. The first-order chi connectivity index (χ1) is 16.0. The van der Waals surface area contributed by atoms with Crippen molar-refractivity contribution in [3.05, 3.63) is 35.4 Å². The van der Waals surface area contributed by atoms with E-state index < -0.39 is 35.4 Å². The third kappa shape index (κ3) is 3.94. The molecule has 0 amide bonds. The van der Waals surface area contributed by atoms with Crippen LogP contribution >= 0.6 is 0 Å². The zero-order valence-corrected chi connectivity index (χ0v) is 19.6. The van der Waals surface area contributed by atoms with E-state index in [4.69, 9.17) is 24.0 Å². The first-order valence-corrected chi connectivity index (χ1v) is 12.1. The van der Waals surface area contributed by atoms with Gasteiger partial charge < -0.3 is 14.2 Å². The van der Waals surface area contributed by atoms with E-state index >= 15 is 0 Å². The first-order valence-electron chi connectivity index (χ1n) is 12.1. The van der Waals surface area contributed by atoms with Crippen molar-refractivity contribution < 1.29 is 42.0 Å². The summed E-state index contributed by atoms with van der Waals surface area (Å²) in [5.41, 5.74) is -1.66. The van der Waals surface area contributed by atoms with Gasteiger partial charge in [-0.25, -0.2) is 14.6 Å². The molecular weight excluding hydrogens is 453 g/mol. The predicted molar refractivity (Wildman–Crippen MR) is 113 cm³/mol. The number of esters is 1. The summed E-state index contributed by atoms with van der Waals surface area (Å²) in [6.45, 7) is 6.26. The molecule has 4 heterocycles. The van der Waals surface area contributed by atoms with Crippen LogP contribution in [0.4, 0.5) is 13.2 Å². The van der Waals surface area contributed by atoms with Crippen LogP contribution in [-0.4, -0.2) is 36.4 Å². The Morgan fingerprint density at radius 1 is 1.15 bits per heavy atom. The zero-order valence-electron chi connectivity index (χ0n) is 19.6. The number of ether oxygens (including phenoxy) is 3. The van der Waals surface area contributed by atoms with Gasteiger partial charge in [0.15, 0.2) is 11.9 Å². The molecule has 188 valence electrons. The second kappa shape index (κ2) is 8.47. The maximum absolute atomic E-state index is 13.0. The van der Waals surface area contributed by atoms with Crippen molar-refractivity contribution in [1.82, 2.24) is 0 Å². The average Bonchev–Trinajstić information content (AvgIpc) is 3.02. The Morgan fingerprint density at radius 2 is 1.94 bits per heavy atom. The van der Waals surface area contributed by atoms with E-state index in [1.54, 1.807) is 0 Å². The molecule has 2 bridgehead atoms. The number of benzene rings is 1. The van der Waals surface area contributed by atoms with Crippen LogP contribution in [0.2, 0.25) is 0 Å². The van der Waals surface area contributed by atoms with Gasteiger partial charge in [-0.15, -0.1) is 0 Å². The van der Waals surface area contributed by atoms with E-state index in [1.165, 1.54) is 12.1 Å². The molecule has 1 saturated carbocycles. The summed E-state index contributed by atoms with van der Waals surface area (Å²) >= 11 is 0. The highest BCUT2D eigenvalue weighted by Crippen LogP contribution is 2.60. The van der Waals surface area contributed by atoms with Crippen LogP contribution in [-0.2, 0) is 30.2 Å². The van der Waals surface area contributed by atoms with Crippen LogP contribution < -0.4 is 0 Å². The molecule has 5 aliphatic rings. The molecule has 4 aliphatic heterocycles. The lowest BCUT2D eigenvalue weighted by molar-refractivity contribution is -0.571. The topological polar surface area (TPSA) is 63.2 Å². The molecule has 1 aromatic carbocycles. The fourth-order valence-electron chi connectivity index (χ4n) is 6.48. The summed E-state index contributed by atoms with van der Waals surface area (Å²) in [6, 6.07) is 4.25. The summed E-state index contributed by atoms with van der Waals surface area (Å²) < 4.78 is 56.9. The highest BCUT2D eigenvalue weighted by molar-refractivity contribution is 5.89. The summed E-state index contributed by atoms with van der Waals surface area (Å²) in [5.74, 6) is -0.646. The molecule has 1 aliphatic carbocycles. The smallest absolute Gasteiger partial charge is 0.416 e. The zero-order chi connectivity index (χ0) is 24.3. The number of hydrogen-bond acceptors (Lipinski definition) is 6. The van der Waals surface area contributed by atoms with Gasteiger partial charge in [-0.1, -0.05) is 19.9 Å². The Hall–Kier alpha value is -1.68. The maximum Gasteiger partial charge on any atom is 0.416 e. The van der Waals surface area contributed by atoms with Crippen molar-refractivity contribution in [1.29, 1.82) is 0 Å². The van der Waals surface area contributed by atoms with Gasteiger partial charge in [0.05, 0.1) is 23.8 Å². The van der Waals surface area contributed by atoms with Crippen molar-refractivity contribution in [2.75, 3.05) is 6.61 Å². The third-order valence-electron chi connectivity index (χ3n) is 8.36. The second-order valence-corrected chi connectivity index (χ2v) is 10.4. The number of hydrogen-bond donors (Lipinski definition) is 0. The molecule has 6 rings (SSSR count). The van der Waals surface area contributed by atoms with Gasteiger partial charge >= 0.3 is 12.1 Å². The summed E-state index contributed by atoms with van der Waals surface area (Å²) in [4.78, 5) is 24.3. The molecule has 5 fully saturated rings.